The molecule has 0 spiro atoms. The largest absolute Gasteiger partial charge is 1.00 e. The van der Waals surface area contributed by atoms with Gasteiger partial charge in [-0.2, -0.15) is 4.57 Å². The topological polar surface area (TPSA) is 20.9 Å². The molecule has 0 aliphatic rings. The van der Waals surface area contributed by atoms with Crippen LogP contribution in [0, 0.1) is 13.8 Å². The highest BCUT2D eigenvalue weighted by Gasteiger charge is 2.10. The van der Waals surface area contributed by atoms with E-state index in [0.717, 1.165) is 11.4 Å². The highest BCUT2D eigenvalue weighted by atomic mass is 79.9. The summed E-state index contributed by atoms with van der Waals surface area (Å²) in [6.07, 6.45) is 0. The minimum absolute atomic E-state index is 0. The molecule has 3 heteroatoms. The normalized spacial score (nSPS) is 9.15. The molecular weight excluding hydrogens is 230 g/mol. The van der Waals surface area contributed by atoms with Crippen LogP contribution in [0.4, 0.5) is 0 Å². The van der Waals surface area contributed by atoms with Crippen molar-refractivity contribution in [3.63, 3.8) is 0 Å². The van der Waals surface area contributed by atoms with Gasteiger partial charge in [0.1, 0.15) is 0 Å². The van der Waals surface area contributed by atoms with Crippen LogP contribution in [0.1, 0.15) is 18.3 Å². The Balaban J connectivity index is 0.00000144. The summed E-state index contributed by atoms with van der Waals surface area (Å²) >= 11 is 0. The molecule has 2 nitrogen and oxygen atoms in total. The Kier molecular flexibility index (Phi) is 4.85. The van der Waals surface area contributed by atoms with E-state index in [2.05, 4.69) is 0 Å². The van der Waals surface area contributed by atoms with Crippen molar-refractivity contribution in [3.8, 4) is 0 Å². The average molecular weight is 244 g/mol. The first-order valence-corrected chi connectivity index (χ1v) is 4.07. The molecule has 72 valence electrons. The minimum Gasteiger partial charge on any atom is -1.00 e. The quantitative estimate of drug-likeness (QED) is 0.561. The maximum atomic E-state index is 10.9. The van der Waals surface area contributed by atoms with E-state index in [-0.39, 0.29) is 22.8 Å². The van der Waals surface area contributed by atoms with Crippen molar-refractivity contribution in [3.05, 3.63) is 29.6 Å². The second-order valence-electron chi connectivity index (χ2n) is 3.10. The molecule has 13 heavy (non-hydrogen) atoms. The molecule has 1 heterocycles. The molecule has 0 saturated heterocycles. The predicted molar refractivity (Wildman–Crippen MR) is 46.8 cm³/mol. The lowest BCUT2D eigenvalue weighted by Gasteiger charge is -2.00. The first kappa shape index (κ1) is 12.3. The maximum absolute atomic E-state index is 10.9. The first-order chi connectivity index (χ1) is 5.61. The number of rotatable bonds is 2. The molecular formula is C10H14BrNO. The van der Waals surface area contributed by atoms with E-state index in [0.29, 0.717) is 6.54 Å². The molecule has 0 amide bonds. The van der Waals surface area contributed by atoms with Gasteiger partial charge in [-0.15, -0.1) is 0 Å². The van der Waals surface area contributed by atoms with Gasteiger partial charge in [-0.3, -0.25) is 4.79 Å². The Labute approximate surface area is 89.4 Å². The summed E-state index contributed by atoms with van der Waals surface area (Å²) in [5.41, 5.74) is 2.26. The smallest absolute Gasteiger partial charge is 0.206 e. The fourth-order valence-electron chi connectivity index (χ4n) is 1.26. The first-order valence-electron chi connectivity index (χ1n) is 4.07. The summed E-state index contributed by atoms with van der Waals surface area (Å²) < 4.78 is 2.02. The number of aryl methyl sites for hydroxylation is 2. The Morgan fingerprint density at radius 2 is 1.77 bits per heavy atom. The van der Waals surface area contributed by atoms with Crippen molar-refractivity contribution >= 4 is 5.78 Å². The van der Waals surface area contributed by atoms with Crippen molar-refractivity contribution in [2.24, 2.45) is 0 Å². The van der Waals surface area contributed by atoms with Gasteiger partial charge in [0.15, 0.2) is 17.2 Å². The summed E-state index contributed by atoms with van der Waals surface area (Å²) in [5.74, 6) is 0.192. The van der Waals surface area contributed by atoms with Crippen LogP contribution >= 0.6 is 0 Å². The second kappa shape index (κ2) is 5.12. The summed E-state index contributed by atoms with van der Waals surface area (Å²) in [6.45, 7) is 6.11. The Hall–Kier alpha value is -0.700. The fourth-order valence-corrected chi connectivity index (χ4v) is 1.26. The predicted octanol–water partition coefficient (Wildman–Crippen LogP) is -1.82. The molecule has 1 aromatic rings. The van der Waals surface area contributed by atoms with Crippen LogP contribution in [0.15, 0.2) is 18.2 Å². The number of aromatic nitrogens is 1. The molecule has 0 unspecified atom stereocenters. The third kappa shape index (κ3) is 3.27. The van der Waals surface area contributed by atoms with Gasteiger partial charge in [0.25, 0.3) is 0 Å². The number of pyridine rings is 1. The van der Waals surface area contributed by atoms with Gasteiger partial charge in [-0.05, 0) is 6.07 Å². The van der Waals surface area contributed by atoms with Crippen LogP contribution in [0.2, 0.25) is 0 Å². The zero-order valence-electron chi connectivity index (χ0n) is 8.17. The van der Waals surface area contributed by atoms with Gasteiger partial charge >= 0.3 is 0 Å². The van der Waals surface area contributed by atoms with Crippen molar-refractivity contribution in [2.75, 3.05) is 0 Å². The number of ketones is 1. The molecule has 0 aromatic carbocycles. The maximum Gasteiger partial charge on any atom is 0.206 e. The van der Waals surface area contributed by atoms with Crippen LogP contribution in [0.25, 0.3) is 0 Å². The molecule has 0 atom stereocenters. The molecule has 0 fully saturated rings. The second-order valence-corrected chi connectivity index (χ2v) is 3.10. The third-order valence-corrected chi connectivity index (χ3v) is 1.91. The van der Waals surface area contributed by atoms with E-state index in [1.54, 1.807) is 6.92 Å². The van der Waals surface area contributed by atoms with Gasteiger partial charge in [-0.25, -0.2) is 0 Å². The standard InChI is InChI=1S/C10H14NO.BrH/c1-8-5-4-6-9(2)11(8)7-10(3)12;/h4-6H,7H2,1-3H3;1H/q+1;/p-1. The van der Waals surface area contributed by atoms with Crippen LogP contribution in [0.3, 0.4) is 0 Å². The van der Waals surface area contributed by atoms with E-state index in [9.17, 15) is 4.79 Å². The van der Waals surface area contributed by atoms with Crippen molar-refractivity contribution in [1.29, 1.82) is 0 Å². The van der Waals surface area contributed by atoms with Gasteiger partial charge < -0.3 is 17.0 Å². The van der Waals surface area contributed by atoms with Crippen molar-refractivity contribution in [2.45, 2.75) is 27.3 Å². The molecule has 1 rings (SSSR count). The summed E-state index contributed by atoms with van der Waals surface area (Å²) in [4.78, 5) is 10.9. The van der Waals surface area contributed by atoms with Crippen molar-refractivity contribution < 1.29 is 26.3 Å². The number of hydrogen-bond acceptors (Lipinski definition) is 1. The lowest BCUT2D eigenvalue weighted by atomic mass is 10.3. The van der Waals surface area contributed by atoms with Gasteiger partial charge in [0.2, 0.25) is 6.54 Å². The van der Waals surface area contributed by atoms with Gasteiger partial charge in [0.05, 0.1) is 0 Å². The summed E-state index contributed by atoms with van der Waals surface area (Å²) in [5, 5.41) is 0. The lowest BCUT2D eigenvalue weighted by Crippen LogP contribution is -3.00. The number of carbonyl (C=O) groups excluding carboxylic acids is 1. The Morgan fingerprint density at radius 1 is 1.31 bits per heavy atom. The molecule has 0 N–H and O–H groups in total. The molecule has 0 aliphatic heterocycles. The van der Waals surface area contributed by atoms with Gasteiger partial charge in [-0.1, -0.05) is 0 Å². The number of halogens is 1. The van der Waals surface area contributed by atoms with E-state index in [1.165, 1.54) is 0 Å². The Bertz CT molecular complexity index is 290. The van der Waals surface area contributed by atoms with Gasteiger partial charge in [0, 0.05) is 32.9 Å². The van der Waals surface area contributed by atoms with Crippen LogP contribution < -0.4 is 21.5 Å². The van der Waals surface area contributed by atoms with E-state index in [4.69, 9.17) is 0 Å². The van der Waals surface area contributed by atoms with E-state index in [1.807, 2.05) is 36.6 Å². The highest BCUT2D eigenvalue weighted by molar-refractivity contribution is 5.73. The molecule has 0 aliphatic carbocycles. The fraction of sp³-hybridized carbons (Fsp3) is 0.400. The zero-order chi connectivity index (χ0) is 9.14. The Morgan fingerprint density at radius 3 is 2.15 bits per heavy atom. The molecule has 0 bridgehead atoms. The van der Waals surface area contributed by atoms with Crippen LogP contribution in [-0.2, 0) is 11.3 Å². The van der Waals surface area contributed by atoms with Crippen LogP contribution in [-0.4, -0.2) is 5.78 Å². The lowest BCUT2D eigenvalue weighted by molar-refractivity contribution is -0.696. The zero-order valence-corrected chi connectivity index (χ0v) is 9.76. The highest BCUT2D eigenvalue weighted by Crippen LogP contribution is 1.93. The summed E-state index contributed by atoms with van der Waals surface area (Å²) in [6, 6.07) is 6.02. The van der Waals surface area contributed by atoms with Crippen molar-refractivity contribution in [1.82, 2.24) is 0 Å². The van der Waals surface area contributed by atoms with E-state index < -0.39 is 0 Å². The number of nitrogens with zero attached hydrogens (tertiary/aromatic N) is 1. The average Bonchev–Trinajstić information content (AvgIpc) is 1.97. The van der Waals surface area contributed by atoms with E-state index >= 15 is 0 Å². The molecule has 1 aromatic heterocycles. The monoisotopic (exact) mass is 243 g/mol. The third-order valence-electron chi connectivity index (χ3n) is 1.91. The summed E-state index contributed by atoms with van der Waals surface area (Å²) in [7, 11) is 0. The number of carbonyl (C=O) groups is 1. The van der Waals surface area contributed by atoms with Crippen LogP contribution in [0.5, 0.6) is 0 Å². The molecule has 0 radical (unpaired) electrons. The molecule has 0 saturated carbocycles. The number of hydrogen-bond donors (Lipinski definition) is 0. The number of Topliss-reactive ketones (excluding diaryl/α,β-unsaturated/α-hetero) is 1. The SMILES string of the molecule is CC(=O)C[n+]1c(C)cccc1C.[Br-]. The minimum atomic E-state index is 0.